The number of carboxylic acids is 1. The monoisotopic (exact) mass is 563 g/mol. The van der Waals surface area contributed by atoms with Gasteiger partial charge in [0, 0.05) is 18.8 Å². The van der Waals surface area contributed by atoms with E-state index in [1.165, 1.54) is 4.90 Å². The van der Waals surface area contributed by atoms with Gasteiger partial charge in [-0.1, -0.05) is 72.8 Å². The summed E-state index contributed by atoms with van der Waals surface area (Å²) in [6, 6.07) is 30.6. The molecule has 2 amide bonds. The first-order valence-corrected chi connectivity index (χ1v) is 13.7. The van der Waals surface area contributed by atoms with Gasteiger partial charge < -0.3 is 15.2 Å². The predicted octanol–water partition coefficient (Wildman–Crippen LogP) is 6.97. The van der Waals surface area contributed by atoms with Gasteiger partial charge in [0.05, 0.1) is 17.9 Å². The fourth-order valence-electron chi connectivity index (χ4n) is 4.90. The first-order valence-electron chi connectivity index (χ1n) is 13.7. The maximum Gasteiger partial charge on any atom is 0.410 e. The van der Waals surface area contributed by atoms with Crippen molar-refractivity contribution >= 4 is 35.0 Å². The standard InChI is InChI=1S/C34H33N3O5/c1-34(2,3)42-33(41)36-21-26-17-18-28(19-27(26)22-36)35-29-11-7-8-12-30(29)37(31(38)32(39)40)20-23-13-15-25(16-14-23)24-9-5-4-6-10-24/h4-19,35H,20-22H2,1-3H3,(H,39,40). The van der Waals surface area contributed by atoms with E-state index in [0.717, 1.165) is 33.5 Å². The molecular formula is C34H33N3O5. The lowest BCUT2D eigenvalue weighted by molar-refractivity contribution is -0.148. The van der Waals surface area contributed by atoms with Crippen molar-refractivity contribution in [3.05, 3.63) is 114 Å². The maximum absolute atomic E-state index is 12.9. The molecule has 2 N–H and O–H groups in total. The average molecular weight is 564 g/mol. The zero-order chi connectivity index (χ0) is 29.9. The summed E-state index contributed by atoms with van der Waals surface area (Å²) in [5, 5.41) is 13.0. The Balaban J connectivity index is 1.37. The highest BCUT2D eigenvalue weighted by molar-refractivity contribution is 6.37. The number of fused-ring (bicyclic) bond motifs is 1. The number of carbonyl (C=O) groups is 3. The van der Waals surface area contributed by atoms with E-state index in [1.54, 1.807) is 23.1 Å². The Bertz CT molecular complexity index is 1610. The van der Waals surface area contributed by atoms with Crippen molar-refractivity contribution in [3.63, 3.8) is 0 Å². The van der Waals surface area contributed by atoms with Gasteiger partial charge in [0.15, 0.2) is 0 Å². The second kappa shape index (κ2) is 11.8. The molecule has 0 radical (unpaired) electrons. The number of carboxylic acid groups (broad SMARTS) is 1. The molecular weight excluding hydrogens is 530 g/mol. The van der Waals surface area contributed by atoms with E-state index in [9.17, 15) is 19.5 Å². The highest BCUT2D eigenvalue weighted by Crippen LogP contribution is 2.33. The van der Waals surface area contributed by atoms with E-state index >= 15 is 0 Å². The van der Waals surface area contributed by atoms with E-state index in [4.69, 9.17) is 4.74 Å². The number of nitrogens with zero attached hydrogens (tertiary/aromatic N) is 2. The van der Waals surface area contributed by atoms with Gasteiger partial charge in [-0.2, -0.15) is 0 Å². The number of rotatable bonds is 6. The van der Waals surface area contributed by atoms with Crippen LogP contribution in [0.1, 0.15) is 37.5 Å². The molecule has 4 aromatic carbocycles. The molecule has 0 bridgehead atoms. The van der Waals surface area contributed by atoms with Crippen molar-refractivity contribution in [1.29, 1.82) is 0 Å². The summed E-state index contributed by atoms with van der Waals surface area (Å²) >= 11 is 0. The molecule has 8 heteroatoms. The first kappa shape index (κ1) is 28.4. The Morgan fingerprint density at radius 2 is 1.48 bits per heavy atom. The van der Waals surface area contributed by atoms with Crippen LogP contribution in [0.15, 0.2) is 97.1 Å². The minimum Gasteiger partial charge on any atom is -0.474 e. The van der Waals surface area contributed by atoms with Crippen LogP contribution in [0.4, 0.5) is 21.9 Å². The number of hydrogen-bond donors (Lipinski definition) is 2. The SMILES string of the molecule is CC(C)(C)OC(=O)N1Cc2ccc(Nc3ccccc3N(Cc3ccc(-c4ccccc4)cc3)C(=O)C(=O)O)cc2C1. The third-order valence-electron chi connectivity index (χ3n) is 6.88. The van der Waals surface area contributed by atoms with E-state index in [2.05, 4.69) is 5.32 Å². The molecule has 0 aliphatic carbocycles. The van der Waals surface area contributed by atoms with Crippen LogP contribution in [0.3, 0.4) is 0 Å². The van der Waals surface area contributed by atoms with Gasteiger partial charge >= 0.3 is 18.0 Å². The van der Waals surface area contributed by atoms with Gasteiger partial charge in [-0.05, 0) is 72.9 Å². The van der Waals surface area contributed by atoms with Gasteiger partial charge in [0.25, 0.3) is 0 Å². The Labute approximate surface area is 245 Å². The number of carbonyl (C=O) groups excluding carboxylic acids is 2. The van der Waals surface area contributed by atoms with Crippen molar-refractivity contribution in [3.8, 4) is 11.1 Å². The summed E-state index contributed by atoms with van der Waals surface area (Å²) in [7, 11) is 0. The normalized spacial score (nSPS) is 12.4. The summed E-state index contributed by atoms with van der Waals surface area (Å²) in [6.45, 7) is 6.48. The number of ether oxygens (including phenoxy) is 1. The van der Waals surface area contributed by atoms with Crippen LogP contribution < -0.4 is 10.2 Å². The van der Waals surface area contributed by atoms with Gasteiger partial charge in [-0.15, -0.1) is 0 Å². The second-order valence-electron chi connectivity index (χ2n) is 11.2. The molecule has 8 nitrogen and oxygen atoms in total. The Morgan fingerprint density at radius 3 is 2.17 bits per heavy atom. The minimum absolute atomic E-state index is 0.0773. The molecule has 0 unspecified atom stereocenters. The third-order valence-corrected chi connectivity index (χ3v) is 6.88. The van der Waals surface area contributed by atoms with Gasteiger partial charge in [-0.3, -0.25) is 14.6 Å². The van der Waals surface area contributed by atoms with Crippen LogP contribution >= 0.6 is 0 Å². The number of benzene rings is 4. The molecule has 214 valence electrons. The van der Waals surface area contributed by atoms with Crippen LogP contribution in [0.5, 0.6) is 0 Å². The lowest BCUT2D eigenvalue weighted by Gasteiger charge is -2.24. The number of hydrogen-bond acceptors (Lipinski definition) is 5. The summed E-state index contributed by atoms with van der Waals surface area (Å²) in [5.74, 6) is -2.57. The Kier molecular flexibility index (Phi) is 7.97. The summed E-state index contributed by atoms with van der Waals surface area (Å²) < 4.78 is 5.53. The zero-order valence-electron chi connectivity index (χ0n) is 23.8. The zero-order valence-corrected chi connectivity index (χ0v) is 23.8. The van der Waals surface area contributed by atoms with E-state index in [1.807, 2.05) is 99.6 Å². The molecule has 0 fully saturated rings. The van der Waals surface area contributed by atoms with Crippen molar-refractivity contribution in [2.45, 2.75) is 46.0 Å². The second-order valence-corrected chi connectivity index (χ2v) is 11.2. The molecule has 42 heavy (non-hydrogen) atoms. The fourth-order valence-corrected chi connectivity index (χ4v) is 4.90. The number of anilines is 3. The maximum atomic E-state index is 12.9. The largest absolute Gasteiger partial charge is 0.474 e. The molecule has 1 heterocycles. The van der Waals surface area contributed by atoms with Crippen molar-refractivity contribution < 1.29 is 24.2 Å². The summed E-state index contributed by atoms with van der Waals surface area (Å²) in [6.07, 6.45) is -0.363. The van der Waals surface area contributed by atoms with Crippen LogP contribution in [0, 0.1) is 0 Å². The molecule has 4 aromatic rings. The van der Waals surface area contributed by atoms with Gasteiger partial charge in [-0.25, -0.2) is 9.59 Å². The first-order chi connectivity index (χ1) is 20.1. The molecule has 0 aromatic heterocycles. The van der Waals surface area contributed by atoms with Crippen molar-refractivity contribution in [1.82, 2.24) is 4.90 Å². The van der Waals surface area contributed by atoms with Crippen molar-refractivity contribution in [2.75, 3.05) is 10.2 Å². The van der Waals surface area contributed by atoms with Crippen LogP contribution in [-0.2, 0) is 34.0 Å². The topological polar surface area (TPSA) is 99.2 Å². The average Bonchev–Trinajstić information content (AvgIpc) is 3.40. The fraction of sp³-hybridized carbons (Fsp3) is 0.206. The van der Waals surface area contributed by atoms with Gasteiger partial charge in [0.2, 0.25) is 0 Å². The summed E-state index contributed by atoms with van der Waals surface area (Å²) in [5.41, 5.74) is 6.09. The minimum atomic E-state index is -1.54. The highest BCUT2D eigenvalue weighted by atomic mass is 16.6. The van der Waals surface area contributed by atoms with E-state index in [0.29, 0.717) is 24.5 Å². The Morgan fingerprint density at radius 1 is 0.833 bits per heavy atom. The molecule has 1 aliphatic heterocycles. The lowest BCUT2D eigenvalue weighted by Crippen LogP contribution is -2.36. The van der Waals surface area contributed by atoms with Crippen LogP contribution in [0.2, 0.25) is 0 Å². The quantitative estimate of drug-likeness (QED) is 0.246. The van der Waals surface area contributed by atoms with E-state index in [-0.39, 0.29) is 12.6 Å². The molecule has 0 saturated heterocycles. The number of para-hydroxylation sites is 2. The number of amides is 2. The molecule has 0 spiro atoms. The molecule has 5 rings (SSSR count). The Hall–Kier alpha value is -5.11. The lowest BCUT2D eigenvalue weighted by atomic mass is 10.0. The third kappa shape index (κ3) is 6.61. The smallest absolute Gasteiger partial charge is 0.410 e. The molecule has 1 aliphatic rings. The van der Waals surface area contributed by atoms with E-state index < -0.39 is 17.5 Å². The number of aliphatic carboxylic acids is 1. The predicted molar refractivity (Wildman–Crippen MR) is 162 cm³/mol. The van der Waals surface area contributed by atoms with Crippen molar-refractivity contribution in [2.24, 2.45) is 0 Å². The summed E-state index contributed by atoms with van der Waals surface area (Å²) in [4.78, 5) is 40.3. The molecule has 0 saturated carbocycles. The highest BCUT2D eigenvalue weighted by Gasteiger charge is 2.28. The van der Waals surface area contributed by atoms with Gasteiger partial charge in [0.1, 0.15) is 5.60 Å². The number of nitrogens with one attached hydrogen (secondary N) is 1. The van der Waals surface area contributed by atoms with Crippen LogP contribution in [-0.4, -0.2) is 33.6 Å². The molecule has 0 atom stereocenters. The van der Waals surface area contributed by atoms with Crippen LogP contribution in [0.25, 0.3) is 11.1 Å².